The zero-order chi connectivity index (χ0) is 17.3. The molecule has 3 aromatic rings. The Kier molecular flexibility index (Phi) is 4.49. The summed E-state index contributed by atoms with van der Waals surface area (Å²) in [4.78, 5) is 18.7. The maximum atomic E-state index is 12.5. The number of benzene rings is 1. The largest absolute Gasteiger partial charge is 0.339 e. The van der Waals surface area contributed by atoms with E-state index in [1.165, 1.54) is 16.9 Å². The van der Waals surface area contributed by atoms with Crippen LogP contribution < -0.4 is 5.32 Å². The maximum absolute atomic E-state index is 12.5. The molecule has 0 aliphatic heterocycles. The number of nitrogens with zero attached hydrogens (tertiary/aromatic N) is 2. The number of amides is 1. The van der Waals surface area contributed by atoms with E-state index in [0.29, 0.717) is 23.7 Å². The summed E-state index contributed by atoms with van der Waals surface area (Å²) in [6, 6.07) is 7.60. The fraction of sp³-hybridized carbons (Fsp3) is 0.278. The number of anilines is 1. The van der Waals surface area contributed by atoms with Crippen LogP contribution in [0.1, 0.15) is 39.2 Å². The van der Waals surface area contributed by atoms with E-state index in [2.05, 4.69) is 15.5 Å². The number of hydrogen-bond acceptors (Lipinski definition) is 5. The average Bonchev–Trinajstić information content (AvgIpc) is 3.17. The number of hydrogen-bond donors (Lipinski definition) is 1. The van der Waals surface area contributed by atoms with Gasteiger partial charge in [0.05, 0.1) is 10.6 Å². The Morgan fingerprint density at radius 3 is 2.67 bits per heavy atom. The van der Waals surface area contributed by atoms with Crippen molar-refractivity contribution in [3.63, 3.8) is 0 Å². The zero-order valence-corrected chi connectivity index (χ0v) is 15.0. The second-order valence-electron chi connectivity index (χ2n) is 5.70. The van der Waals surface area contributed by atoms with Gasteiger partial charge < -0.3 is 9.84 Å². The van der Waals surface area contributed by atoms with Gasteiger partial charge in [-0.05, 0) is 50.1 Å². The third kappa shape index (κ3) is 3.23. The van der Waals surface area contributed by atoms with Crippen molar-refractivity contribution >= 4 is 22.9 Å². The summed E-state index contributed by atoms with van der Waals surface area (Å²) in [5.41, 5.74) is 3.70. The molecule has 0 atom stereocenters. The van der Waals surface area contributed by atoms with E-state index in [-0.39, 0.29) is 5.91 Å². The summed E-state index contributed by atoms with van der Waals surface area (Å²) >= 11 is 1.53. The minimum absolute atomic E-state index is 0.118. The van der Waals surface area contributed by atoms with Crippen LogP contribution in [0.3, 0.4) is 0 Å². The average molecular weight is 341 g/mol. The Hall–Kier alpha value is -2.47. The van der Waals surface area contributed by atoms with Crippen molar-refractivity contribution in [1.29, 1.82) is 0 Å². The standard InChI is InChI=1S/C18H19N3O2S/c1-5-16-20-17(21-23-16)15-9-14(12(4)24-15)19-18(22)13-7-6-10(2)11(3)8-13/h6-9H,5H2,1-4H3,(H,19,22). The van der Waals surface area contributed by atoms with Crippen LogP contribution in [0.5, 0.6) is 0 Å². The lowest BCUT2D eigenvalue weighted by atomic mass is 10.1. The molecule has 5 nitrogen and oxygen atoms in total. The summed E-state index contributed by atoms with van der Waals surface area (Å²) in [5, 5.41) is 6.95. The highest BCUT2D eigenvalue weighted by atomic mass is 32.1. The molecule has 0 saturated carbocycles. The molecule has 0 bridgehead atoms. The lowest BCUT2D eigenvalue weighted by Crippen LogP contribution is -2.12. The highest BCUT2D eigenvalue weighted by Crippen LogP contribution is 2.33. The predicted molar refractivity (Wildman–Crippen MR) is 95.6 cm³/mol. The quantitative estimate of drug-likeness (QED) is 0.756. The third-order valence-electron chi connectivity index (χ3n) is 3.93. The van der Waals surface area contributed by atoms with Gasteiger partial charge in [-0.1, -0.05) is 18.1 Å². The molecule has 2 heterocycles. The number of aromatic nitrogens is 2. The second-order valence-corrected chi connectivity index (χ2v) is 6.96. The van der Waals surface area contributed by atoms with E-state index in [0.717, 1.165) is 21.0 Å². The molecule has 0 fully saturated rings. The summed E-state index contributed by atoms with van der Waals surface area (Å²) in [5.74, 6) is 1.05. The van der Waals surface area contributed by atoms with Crippen molar-refractivity contribution in [2.45, 2.75) is 34.1 Å². The van der Waals surface area contributed by atoms with Gasteiger partial charge in [-0.2, -0.15) is 4.98 Å². The van der Waals surface area contributed by atoms with Crippen LogP contribution in [-0.2, 0) is 6.42 Å². The number of thiophene rings is 1. The fourth-order valence-electron chi connectivity index (χ4n) is 2.29. The first-order valence-corrected chi connectivity index (χ1v) is 8.61. The van der Waals surface area contributed by atoms with Crippen molar-refractivity contribution in [2.75, 3.05) is 5.32 Å². The highest BCUT2D eigenvalue weighted by Gasteiger charge is 2.15. The lowest BCUT2D eigenvalue weighted by Gasteiger charge is -2.06. The minimum atomic E-state index is -0.118. The fourth-order valence-corrected chi connectivity index (χ4v) is 3.19. The van der Waals surface area contributed by atoms with Crippen LogP contribution in [0.15, 0.2) is 28.8 Å². The monoisotopic (exact) mass is 341 g/mol. The first kappa shape index (κ1) is 16.4. The Bertz CT molecular complexity index is 896. The molecule has 6 heteroatoms. The van der Waals surface area contributed by atoms with Crippen molar-refractivity contribution in [3.8, 4) is 10.7 Å². The first-order chi connectivity index (χ1) is 11.5. The molecule has 0 aliphatic rings. The number of rotatable bonds is 4. The molecule has 1 aromatic carbocycles. The molecule has 3 rings (SSSR count). The summed E-state index contributed by atoms with van der Waals surface area (Å²) < 4.78 is 5.15. The predicted octanol–water partition coefficient (Wildman–Crippen LogP) is 4.54. The molecular weight excluding hydrogens is 322 g/mol. The molecular formula is C18H19N3O2S. The van der Waals surface area contributed by atoms with E-state index in [1.54, 1.807) is 0 Å². The molecule has 0 unspecified atom stereocenters. The van der Waals surface area contributed by atoms with E-state index in [9.17, 15) is 4.79 Å². The van der Waals surface area contributed by atoms with E-state index >= 15 is 0 Å². The Balaban J connectivity index is 1.82. The summed E-state index contributed by atoms with van der Waals surface area (Å²) in [6.07, 6.45) is 0.702. The molecule has 124 valence electrons. The van der Waals surface area contributed by atoms with Gasteiger partial charge in [0.2, 0.25) is 11.7 Å². The zero-order valence-electron chi connectivity index (χ0n) is 14.1. The van der Waals surface area contributed by atoms with Gasteiger partial charge >= 0.3 is 0 Å². The van der Waals surface area contributed by atoms with Crippen molar-refractivity contribution < 1.29 is 9.32 Å². The van der Waals surface area contributed by atoms with E-state index in [1.807, 2.05) is 52.0 Å². The lowest BCUT2D eigenvalue weighted by molar-refractivity contribution is 0.102. The van der Waals surface area contributed by atoms with Crippen molar-refractivity contribution in [1.82, 2.24) is 10.1 Å². The van der Waals surface area contributed by atoms with Gasteiger partial charge in [-0.15, -0.1) is 11.3 Å². The molecule has 0 aliphatic carbocycles. The van der Waals surface area contributed by atoms with Crippen LogP contribution in [0.4, 0.5) is 5.69 Å². The van der Waals surface area contributed by atoms with Crippen LogP contribution in [0, 0.1) is 20.8 Å². The summed E-state index contributed by atoms with van der Waals surface area (Å²) in [7, 11) is 0. The van der Waals surface area contributed by atoms with Gasteiger partial charge in [-0.25, -0.2) is 0 Å². The van der Waals surface area contributed by atoms with Gasteiger partial charge in [-0.3, -0.25) is 4.79 Å². The van der Waals surface area contributed by atoms with Gasteiger partial charge in [0.25, 0.3) is 5.91 Å². The van der Waals surface area contributed by atoms with Crippen LogP contribution in [-0.4, -0.2) is 16.0 Å². The van der Waals surface area contributed by atoms with Crippen LogP contribution in [0.2, 0.25) is 0 Å². The Labute approximate surface area is 144 Å². The number of nitrogens with one attached hydrogen (secondary N) is 1. The SMILES string of the molecule is CCc1nc(-c2cc(NC(=O)c3ccc(C)c(C)c3)c(C)s2)no1. The van der Waals surface area contributed by atoms with Crippen LogP contribution >= 0.6 is 11.3 Å². The molecule has 2 aromatic heterocycles. The van der Waals surface area contributed by atoms with Crippen molar-refractivity contribution in [3.05, 3.63) is 51.7 Å². The van der Waals surface area contributed by atoms with E-state index in [4.69, 9.17) is 4.52 Å². The molecule has 1 amide bonds. The normalized spacial score (nSPS) is 10.8. The molecule has 0 radical (unpaired) electrons. The van der Waals surface area contributed by atoms with Crippen molar-refractivity contribution in [2.24, 2.45) is 0 Å². The topological polar surface area (TPSA) is 68.0 Å². The smallest absolute Gasteiger partial charge is 0.255 e. The number of carbonyl (C=O) groups is 1. The second kappa shape index (κ2) is 6.57. The highest BCUT2D eigenvalue weighted by molar-refractivity contribution is 7.16. The van der Waals surface area contributed by atoms with Gasteiger partial charge in [0, 0.05) is 16.9 Å². The molecule has 24 heavy (non-hydrogen) atoms. The molecule has 1 N–H and O–H groups in total. The summed E-state index contributed by atoms with van der Waals surface area (Å²) in [6.45, 7) is 7.96. The number of aryl methyl sites for hydroxylation is 4. The Morgan fingerprint density at radius 1 is 1.21 bits per heavy atom. The molecule has 0 saturated heterocycles. The van der Waals surface area contributed by atoms with Crippen LogP contribution in [0.25, 0.3) is 10.7 Å². The van der Waals surface area contributed by atoms with Gasteiger partial charge in [0.1, 0.15) is 0 Å². The number of carbonyl (C=O) groups excluding carboxylic acids is 1. The Morgan fingerprint density at radius 2 is 2.00 bits per heavy atom. The maximum Gasteiger partial charge on any atom is 0.255 e. The van der Waals surface area contributed by atoms with Gasteiger partial charge in [0.15, 0.2) is 0 Å². The van der Waals surface area contributed by atoms with E-state index < -0.39 is 0 Å². The molecule has 0 spiro atoms. The third-order valence-corrected chi connectivity index (χ3v) is 4.97. The first-order valence-electron chi connectivity index (χ1n) is 7.80. The minimum Gasteiger partial charge on any atom is -0.339 e.